The van der Waals surface area contributed by atoms with Gasteiger partial charge in [-0.15, -0.1) is 0 Å². The van der Waals surface area contributed by atoms with Crippen molar-refractivity contribution in [1.29, 1.82) is 0 Å². The molecule has 4 rings (SSSR count). The van der Waals surface area contributed by atoms with Crippen LogP contribution in [0.25, 0.3) is 10.9 Å². The van der Waals surface area contributed by atoms with Crippen LogP contribution in [0.4, 0.5) is 5.69 Å². The molecule has 9 nitrogen and oxygen atoms in total. The maximum atomic E-state index is 13.7. The van der Waals surface area contributed by atoms with E-state index in [1.54, 1.807) is 16.4 Å². The molecule has 0 bridgehead atoms. The summed E-state index contributed by atoms with van der Waals surface area (Å²) >= 11 is 0. The number of carbonyl (C=O) groups is 2. The average molecular weight is 469 g/mol. The summed E-state index contributed by atoms with van der Waals surface area (Å²) in [6.07, 6.45) is 2.58. The highest BCUT2D eigenvalue weighted by atomic mass is 16.5. The fraction of sp³-hybridized carbons (Fsp3) is 0.480. The van der Waals surface area contributed by atoms with Crippen LogP contribution < -0.4 is 10.5 Å². The van der Waals surface area contributed by atoms with Gasteiger partial charge in [-0.05, 0) is 33.2 Å². The van der Waals surface area contributed by atoms with E-state index in [1.165, 1.54) is 0 Å². The molecule has 2 aliphatic rings. The fourth-order valence-electron chi connectivity index (χ4n) is 4.48. The van der Waals surface area contributed by atoms with E-state index in [0.29, 0.717) is 57.3 Å². The molecule has 0 N–H and O–H groups in total. The molecule has 0 radical (unpaired) electrons. The Morgan fingerprint density at radius 2 is 1.85 bits per heavy atom. The Labute approximate surface area is 199 Å². The molecule has 1 amide bonds. The van der Waals surface area contributed by atoms with Crippen molar-refractivity contribution in [2.24, 2.45) is 0 Å². The number of piperazine rings is 1. The number of ether oxygens (including phenoxy) is 2. The molecule has 2 aliphatic heterocycles. The number of pyridine rings is 1. The van der Waals surface area contributed by atoms with Crippen LogP contribution in [-0.2, 0) is 20.8 Å². The summed E-state index contributed by atoms with van der Waals surface area (Å²) in [5, 5.41) is 0.825. The summed E-state index contributed by atoms with van der Waals surface area (Å²) in [7, 11) is 3.89. The minimum absolute atomic E-state index is 0.0564. The highest BCUT2D eigenvalue weighted by Gasteiger charge is 2.31. The Bertz CT molecular complexity index is 1160. The molecule has 0 spiro atoms. The minimum atomic E-state index is -0.616. The number of para-hydroxylation sites is 1. The van der Waals surface area contributed by atoms with E-state index >= 15 is 0 Å². The molecule has 1 saturated heterocycles. The molecule has 182 valence electrons. The van der Waals surface area contributed by atoms with Crippen molar-refractivity contribution in [3.8, 4) is 0 Å². The van der Waals surface area contributed by atoms with E-state index in [1.807, 2.05) is 54.2 Å². The molecule has 1 aromatic heterocycles. The summed E-state index contributed by atoms with van der Waals surface area (Å²) in [5.74, 6) is -0.309. The van der Waals surface area contributed by atoms with Gasteiger partial charge in [-0.1, -0.05) is 18.2 Å². The van der Waals surface area contributed by atoms with Crippen molar-refractivity contribution in [2.45, 2.75) is 19.9 Å². The van der Waals surface area contributed by atoms with Crippen LogP contribution in [0.1, 0.15) is 23.7 Å². The second-order valence-corrected chi connectivity index (χ2v) is 8.71. The van der Waals surface area contributed by atoms with Crippen LogP contribution in [-0.4, -0.2) is 86.3 Å². The first-order valence-corrected chi connectivity index (χ1v) is 11.8. The van der Waals surface area contributed by atoms with Crippen molar-refractivity contribution >= 4 is 28.5 Å². The van der Waals surface area contributed by atoms with E-state index in [9.17, 15) is 14.4 Å². The lowest BCUT2D eigenvalue weighted by Gasteiger charge is -2.37. The normalized spacial score (nSPS) is 16.1. The number of aromatic nitrogens is 1. The Balaban J connectivity index is 1.73. The topological polar surface area (TPSA) is 84.3 Å². The molecule has 3 heterocycles. The van der Waals surface area contributed by atoms with Crippen LogP contribution in [0.5, 0.6) is 0 Å². The van der Waals surface area contributed by atoms with E-state index < -0.39 is 5.97 Å². The molecule has 0 unspecified atom stereocenters. The SMILES string of the molecule is CCOC(=O)c1c(N2CCN(C(=O)C3=CCCO3)CC2)c2ccccc2n(CCN(C)C)c1=O. The number of fused-ring (bicyclic) bond motifs is 1. The van der Waals surface area contributed by atoms with E-state index in [0.717, 1.165) is 17.3 Å². The lowest BCUT2D eigenvalue weighted by Crippen LogP contribution is -2.50. The molecular formula is C25H32N4O5. The van der Waals surface area contributed by atoms with Gasteiger partial charge in [-0.3, -0.25) is 9.59 Å². The summed E-state index contributed by atoms with van der Waals surface area (Å²) in [5.41, 5.74) is 1.07. The van der Waals surface area contributed by atoms with Crippen molar-refractivity contribution < 1.29 is 19.1 Å². The second-order valence-electron chi connectivity index (χ2n) is 8.71. The second kappa shape index (κ2) is 10.3. The molecule has 0 saturated carbocycles. The van der Waals surface area contributed by atoms with Gasteiger partial charge in [0.15, 0.2) is 5.76 Å². The van der Waals surface area contributed by atoms with Crippen molar-refractivity contribution in [3.05, 3.63) is 52.0 Å². The fourth-order valence-corrected chi connectivity index (χ4v) is 4.48. The zero-order valence-electron chi connectivity index (χ0n) is 20.1. The lowest BCUT2D eigenvalue weighted by molar-refractivity contribution is -0.130. The molecule has 0 aliphatic carbocycles. The third-order valence-corrected chi connectivity index (χ3v) is 6.20. The third-order valence-electron chi connectivity index (χ3n) is 6.20. The number of nitrogens with zero attached hydrogens (tertiary/aromatic N) is 4. The summed E-state index contributed by atoms with van der Waals surface area (Å²) in [6, 6.07) is 7.65. The molecule has 1 aromatic carbocycles. The smallest absolute Gasteiger partial charge is 0.345 e. The van der Waals surface area contributed by atoms with Gasteiger partial charge in [-0.2, -0.15) is 0 Å². The van der Waals surface area contributed by atoms with Gasteiger partial charge in [0.2, 0.25) is 0 Å². The number of likely N-dealkylation sites (N-methyl/N-ethyl adjacent to an activating group) is 1. The maximum Gasteiger partial charge on any atom is 0.345 e. The highest BCUT2D eigenvalue weighted by Crippen LogP contribution is 2.31. The van der Waals surface area contributed by atoms with Gasteiger partial charge in [0, 0.05) is 51.1 Å². The molecule has 2 aromatic rings. The Morgan fingerprint density at radius 3 is 2.50 bits per heavy atom. The largest absolute Gasteiger partial charge is 0.488 e. The Morgan fingerprint density at radius 1 is 1.12 bits per heavy atom. The van der Waals surface area contributed by atoms with E-state index in [2.05, 4.69) is 0 Å². The van der Waals surface area contributed by atoms with Gasteiger partial charge >= 0.3 is 5.97 Å². The predicted molar refractivity (Wildman–Crippen MR) is 130 cm³/mol. The molecule has 9 heteroatoms. The van der Waals surface area contributed by atoms with Gasteiger partial charge in [0.05, 0.1) is 24.4 Å². The number of hydrogen-bond acceptors (Lipinski definition) is 7. The molecular weight excluding hydrogens is 436 g/mol. The van der Waals surface area contributed by atoms with Crippen LogP contribution in [0.2, 0.25) is 0 Å². The number of amides is 1. The maximum absolute atomic E-state index is 13.7. The number of hydrogen-bond donors (Lipinski definition) is 0. The molecule has 34 heavy (non-hydrogen) atoms. The zero-order chi connectivity index (χ0) is 24.2. The van der Waals surface area contributed by atoms with E-state index in [-0.39, 0.29) is 23.6 Å². The molecule has 0 atom stereocenters. The lowest BCUT2D eigenvalue weighted by atomic mass is 10.1. The predicted octanol–water partition coefficient (Wildman–Crippen LogP) is 1.69. The Hall–Kier alpha value is -3.33. The summed E-state index contributed by atoms with van der Waals surface area (Å²) < 4.78 is 12.4. The minimum Gasteiger partial charge on any atom is -0.488 e. The van der Waals surface area contributed by atoms with Crippen LogP contribution in [0.15, 0.2) is 40.9 Å². The number of carbonyl (C=O) groups excluding carboxylic acids is 2. The first kappa shape index (κ1) is 23.8. The zero-order valence-corrected chi connectivity index (χ0v) is 20.1. The first-order chi connectivity index (χ1) is 16.4. The first-order valence-electron chi connectivity index (χ1n) is 11.8. The third kappa shape index (κ3) is 4.65. The average Bonchev–Trinajstić information content (AvgIpc) is 3.37. The quantitative estimate of drug-likeness (QED) is 0.572. The monoisotopic (exact) mass is 468 g/mol. The van der Waals surface area contributed by atoms with Gasteiger partial charge in [0.25, 0.3) is 11.5 Å². The van der Waals surface area contributed by atoms with Crippen LogP contribution in [0, 0.1) is 0 Å². The van der Waals surface area contributed by atoms with Gasteiger partial charge < -0.3 is 28.7 Å². The number of rotatable bonds is 7. The number of esters is 1. The number of anilines is 1. The Kier molecular flexibility index (Phi) is 7.21. The van der Waals surface area contributed by atoms with Gasteiger partial charge in [-0.25, -0.2) is 4.79 Å². The summed E-state index contributed by atoms with van der Waals surface area (Å²) in [6.45, 7) is 5.50. The number of benzene rings is 1. The van der Waals surface area contributed by atoms with Crippen LogP contribution in [0.3, 0.4) is 0 Å². The highest BCUT2D eigenvalue weighted by molar-refractivity contribution is 6.05. The van der Waals surface area contributed by atoms with E-state index in [4.69, 9.17) is 9.47 Å². The summed E-state index contributed by atoms with van der Waals surface area (Å²) in [4.78, 5) is 45.2. The standard InChI is InChI=1S/C25H32N4O5/c1-4-33-25(32)21-22(27-12-14-28(15-13-27)23(30)20-10-7-17-34-20)18-8-5-6-9-19(18)29(24(21)31)16-11-26(2)3/h5-6,8-10H,4,7,11-17H2,1-3H3. The van der Waals surface area contributed by atoms with Crippen molar-refractivity contribution in [2.75, 3.05) is 64.9 Å². The van der Waals surface area contributed by atoms with Crippen molar-refractivity contribution in [1.82, 2.24) is 14.4 Å². The van der Waals surface area contributed by atoms with Gasteiger partial charge in [0.1, 0.15) is 5.56 Å². The van der Waals surface area contributed by atoms with Crippen molar-refractivity contribution in [3.63, 3.8) is 0 Å². The molecule has 1 fully saturated rings. The van der Waals surface area contributed by atoms with Crippen LogP contribution >= 0.6 is 0 Å².